The first-order chi connectivity index (χ1) is 15.5. The molecule has 32 heavy (non-hydrogen) atoms. The second-order valence-electron chi connectivity index (χ2n) is 6.55. The summed E-state index contributed by atoms with van der Waals surface area (Å²) in [6.45, 7) is 0. The second-order valence-corrected chi connectivity index (χ2v) is 8.03. The average molecular weight is 453 g/mol. The zero-order valence-electron chi connectivity index (χ0n) is 18.1. The Morgan fingerprint density at radius 2 is 1.31 bits per heavy atom. The molecular formula is C24H22O7P. The van der Waals surface area contributed by atoms with E-state index in [1.807, 2.05) is 0 Å². The van der Waals surface area contributed by atoms with Gasteiger partial charge >= 0.3 is 0 Å². The van der Waals surface area contributed by atoms with E-state index >= 15 is 0 Å². The number of methoxy groups -OCH3 is 4. The van der Waals surface area contributed by atoms with Crippen LogP contribution < -0.4 is 24.3 Å². The number of rotatable bonds is 9. The summed E-state index contributed by atoms with van der Waals surface area (Å²) in [6, 6.07) is 15.9. The zero-order chi connectivity index (χ0) is 23.3. The Morgan fingerprint density at radius 1 is 0.688 bits per heavy atom. The Hall–Kier alpha value is -3.70. The van der Waals surface area contributed by atoms with Crippen molar-refractivity contribution in [1.82, 2.24) is 0 Å². The van der Waals surface area contributed by atoms with E-state index in [2.05, 4.69) is 0 Å². The van der Waals surface area contributed by atoms with E-state index in [4.69, 9.17) is 18.9 Å². The lowest BCUT2D eigenvalue weighted by atomic mass is 10.0. The number of ether oxygens (including phenoxy) is 4. The minimum Gasteiger partial charge on any atom is -0.497 e. The largest absolute Gasteiger partial charge is 0.497 e. The lowest BCUT2D eigenvalue weighted by Gasteiger charge is -2.14. The number of benzene rings is 3. The van der Waals surface area contributed by atoms with Gasteiger partial charge in [-0.2, -0.15) is 0 Å². The highest BCUT2D eigenvalue weighted by molar-refractivity contribution is 7.71. The molecule has 0 fully saturated rings. The fourth-order valence-electron chi connectivity index (χ4n) is 3.25. The van der Waals surface area contributed by atoms with E-state index in [0.29, 0.717) is 11.5 Å². The SMILES string of the molecule is COc1ccc(C(=O)c2ccccc2[P](=O)C(=O)c2c(OC)cccc2OC)c(OC)c1. The molecule has 1 atom stereocenters. The lowest BCUT2D eigenvalue weighted by Crippen LogP contribution is -2.17. The normalized spacial score (nSPS) is 10.8. The molecule has 0 aliphatic carbocycles. The van der Waals surface area contributed by atoms with Crippen LogP contribution in [0.1, 0.15) is 26.3 Å². The Morgan fingerprint density at radius 3 is 1.91 bits per heavy atom. The summed E-state index contributed by atoms with van der Waals surface area (Å²) < 4.78 is 34.4. The molecule has 7 nitrogen and oxygen atoms in total. The molecule has 3 aromatic carbocycles. The molecule has 1 radical (unpaired) electrons. The summed E-state index contributed by atoms with van der Waals surface area (Å²) in [7, 11) is 3.11. The molecule has 3 aromatic rings. The molecule has 0 aliphatic heterocycles. The number of hydrogen-bond acceptors (Lipinski definition) is 7. The van der Waals surface area contributed by atoms with Crippen molar-refractivity contribution in [2.45, 2.75) is 0 Å². The topological polar surface area (TPSA) is 88.1 Å². The van der Waals surface area contributed by atoms with Crippen LogP contribution in [0.15, 0.2) is 60.7 Å². The predicted octanol–water partition coefficient (Wildman–Crippen LogP) is 4.25. The number of carbonyl (C=O) groups excluding carboxylic acids is 2. The van der Waals surface area contributed by atoms with E-state index in [1.165, 1.54) is 40.6 Å². The number of carbonyl (C=O) groups is 2. The van der Waals surface area contributed by atoms with Crippen molar-refractivity contribution in [3.63, 3.8) is 0 Å². The fourth-order valence-corrected chi connectivity index (χ4v) is 4.51. The van der Waals surface area contributed by atoms with Crippen molar-refractivity contribution in [1.29, 1.82) is 0 Å². The first-order valence-corrected chi connectivity index (χ1v) is 10.8. The first kappa shape index (κ1) is 23.0. The standard InChI is InChI=1S/C24H22O7P/c1-28-15-12-13-16(20(14-15)31-4)23(25)17-8-5-6-11-21(17)32(27)24(26)22-18(29-2)9-7-10-19(22)30-3/h5-14H,1-4H3. The number of ketones is 1. The molecule has 0 saturated carbocycles. The van der Waals surface area contributed by atoms with Gasteiger partial charge in [-0.15, -0.1) is 0 Å². The highest BCUT2D eigenvalue weighted by Gasteiger charge is 2.29. The van der Waals surface area contributed by atoms with Gasteiger partial charge in [0.05, 0.1) is 39.3 Å². The molecule has 3 rings (SSSR count). The maximum atomic E-state index is 13.4. The van der Waals surface area contributed by atoms with Crippen LogP contribution in [0.25, 0.3) is 0 Å². The van der Waals surface area contributed by atoms with Crippen LogP contribution in [0.4, 0.5) is 0 Å². The van der Waals surface area contributed by atoms with Crippen molar-refractivity contribution in [3.05, 3.63) is 77.4 Å². The summed E-state index contributed by atoms with van der Waals surface area (Å²) in [5.41, 5.74) is -0.245. The highest BCUT2D eigenvalue weighted by Crippen LogP contribution is 2.38. The van der Waals surface area contributed by atoms with Gasteiger partial charge in [-0.3, -0.25) is 14.2 Å². The van der Waals surface area contributed by atoms with Crippen molar-refractivity contribution in [2.75, 3.05) is 28.4 Å². The van der Waals surface area contributed by atoms with E-state index in [0.717, 1.165) is 0 Å². The third-order valence-electron chi connectivity index (χ3n) is 4.85. The number of hydrogen-bond donors (Lipinski definition) is 0. The summed E-state index contributed by atoms with van der Waals surface area (Å²) in [4.78, 5) is 26.6. The Balaban J connectivity index is 2.07. The summed E-state index contributed by atoms with van der Waals surface area (Å²) >= 11 is 0. The lowest BCUT2D eigenvalue weighted by molar-refractivity contribution is 0.103. The summed E-state index contributed by atoms with van der Waals surface area (Å²) in [6.07, 6.45) is 0. The van der Waals surface area contributed by atoms with Crippen LogP contribution in [-0.4, -0.2) is 39.7 Å². The van der Waals surface area contributed by atoms with Crippen LogP contribution in [0.5, 0.6) is 23.0 Å². The maximum Gasteiger partial charge on any atom is 0.254 e. The Kier molecular flexibility index (Phi) is 7.23. The molecule has 0 saturated heterocycles. The van der Waals surface area contributed by atoms with Gasteiger partial charge in [0.2, 0.25) is 0 Å². The van der Waals surface area contributed by atoms with Crippen molar-refractivity contribution >= 4 is 24.4 Å². The van der Waals surface area contributed by atoms with Gasteiger partial charge in [-0.05, 0) is 36.4 Å². The molecule has 8 heteroatoms. The minimum absolute atomic E-state index is 0.0582. The van der Waals surface area contributed by atoms with Crippen LogP contribution >= 0.6 is 7.80 Å². The van der Waals surface area contributed by atoms with E-state index < -0.39 is 19.1 Å². The van der Waals surface area contributed by atoms with Gasteiger partial charge in [0, 0.05) is 11.6 Å². The molecule has 1 unspecified atom stereocenters. The van der Waals surface area contributed by atoms with Gasteiger partial charge in [-0.1, -0.05) is 18.2 Å². The van der Waals surface area contributed by atoms with Gasteiger partial charge in [0.15, 0.2) is 13.6 Å². The minimum atomic E-state index is -2.66. The monoisotopic (exact) mass is 453 g/mol. The quantitative estimate of drug-likeness (QED) is 0.354. The Bertz CT molecular complexity index is 1160. The summed E-state index contributed by atoms with van der Waals surface area (Å²) in [5, 5.41) is 0.114. The van der Waals surface area contributed by atoms with E-state index in [1.54, 1.807) is 48.5 Å². The smallest absolute Gasteiger partial charge is 0.254 e. The van der Waals surface area contributed by atoms with Crippen LogP contribution in [0, 0.1) is 0 Å². The third kappa shape index (κ3) is 4.34. The third-order valence-corrected chi connectivity index (χ3v) is 6.27. The average Bonchev–Trinajstić information content (AvgIpc) is 2.86. The molecule has 0 aliphatic rings. The molecule has 0 aromatic heterocycles. The molecule has 0 bridgehead atoms. The van der Waals surface area contributed by atoms with Gasteiger partial charge in [0.25, 0.3) is 5.52 Å². The second kappa shape index (κ2) is 10.1. The van der Waals surface area contributed by atoms with Crippen LogP contribution in [0.2, 0.25) is 0 Å². The van der Waals surface area contributed by atoms with Crippen molar-refractivity contribution in [2.24, 2.45) is 0 Å². The van der Waals surface area contributed by atoms with Gasteiger partial charge < -0.3 is 18.9 Å². The molecule has 0 spiro atoms. The molecule has 0 heterocycles. The first-order valence-electron chi connectivity index (χ1n) is 9.55. The predicted molar refractivity (Wildman–Crippen MR) is 121 cm³/mol. The summed E-state index contributed by atoms with van der Waals surface area (Å²) in [5.74, 6) is 0.869. The van der Waals surface area contributed by atoms with Gasteiger partial charge in [-0.25, -0.2) is 0 Å². The van der Waals surface area contributed by atoms with Crippen molar-refractivity contribution < 1.29 is 33.1 Å². The van der Waals surface area contributed by atoms with Crippen molar-refractivity contribution in [3.8, 4) is 23.0 Å². The zero-order valence-corrected chi connectivity index (χ0v) is 19.0. The Labute approximate surface area is 186 Å². The fraction of sp³-hybridized carbons (Fsp3) is 0.167. The molecular weight excluding hydrogens is 431 g/mol. The molecule has 0 N–H and O–H groups in total. The molecule has 165 valence electrons. The van der Waals surface area contributed by atoms with E-state index in [9.17, 15) is 14.2 Å². The van der Waals surface area contributed by atoms with E-state index in [-0.39, 0.29) is 33.5 Å². The van der Waals surface area contributed by atoms with Crippen LogP contribution in [0.3, 0.4) is 0 Å². The van der Waals surface area contributed by atoms with Gasteiger partial charge in [0.1, 0.15) is 28.6 Å². The maximum absolute atomic E-state index is 13.4. The molecule has 0 amide bonds. The van der Waals surface area contributed by atoms with Crippen LogP contribution in [-0.2, 0) is 4.57 Å². The highest BCUT2D eigenvalue weighted by atomic mass is 31.1.